The molecule has 0 amide bonds. The Labute approximate surface area is 106 Å². The molecule has 0 unspecified atom stereocenters. The molecule has 90 valence electrons. The smallest absolute Gasteiger partial charge is 0.111 e. The lowest BCUT2D eigenvalue weighted by Crippen LogP contribution is -2.01. The van der Waals surface area contributed by atoms with E-state index in [-0.39, 0.29) is 6.61 Å². The quantitative estimate of drug-likeness (QED) is 0.909. The van der Waals surface area contributed by atoms with Crippen LogP contribution in [0.4, 0.5) is 0 Å². The summed E-state index contributed by atoms with van der Waals surface area (Å²) in [6.07, 6.45) is 0.567. The van der Waals surface area contributed by atoms with E-state index >= 15 is 0 Å². The Morgan fingerprint density at radius 3 is 2.82 bits per heavy atom. The van der Waals surface area contributed by atoms with Crippen molar-refractivity contribution < 1.29 is 5.11 Å². The molecule has 0 atom stereocenters. The predicted octanol–water partition coefficient (Wildman–Crippen LogP) is 2.58. The van der Waals surface area contributed by atoms with Crippen molar-refractivity contribution in [1.82, 2.24) is 9.55 Å². The molecule has 0 aliphatic rings. The van der Waals surface area contributed by atoms with Crippen LogP contribution in [0.15, 0.2) is 24.3 Å². The molecule has 0 radical (unpaired) electrons. The number of aromatic nitrogens is 2. The number of halogens is 1. The van der Waals surface area contributed by atoms with Crippen LogP contribution in [0.25, 0.3) is 11.3 Å². The van der Waals surface area contributed by atoms with Gasteiger partial charge in [-0.25, -0.2) is 4.98 Å². The van der Waals surface area contributed by atoms with Crippen molar-refractivity contribution in [3.05, 3.63) is 40.8 Å². The van der Waals surface area contributed by atoms with Crippen molar-refractivity contribution in [2.24, 2.45) is 7.05 Å². The second-order valence-corrected chi connectivity index (χ2v) is 4.44. The maximum atomic E-state index is 8.98. The fourth-order valence-corrected chi connectivity index (χ4v) is 2.06. The fourth-order valence-electron chi connectivity index (χ4n) is 1.87. The third kappa shape index (κ3) is 2.35. The van der Waals surface area contributed by atoms with E-state index in [1.807, 2.05) is 42.8 Å². The first kappa shape index (κ1) is 12.1. The molecule has 0 aliphatic carbocycles. The normalized spacial score (nSPS) is 10.8. The zero-order valence-electron chi connectivity index (χ0n) is 9.94. The third-order valence-corrected chi connectivity index (χ3v) is 3.14. The molecule has 2 aromatic rings. The monoisotopic (exact) mass is 250 g/mol. The first-order valence-electron chi connectivity index (χ1n) is 5.52. The summed E-state index contributed by atoms with van der Waals surface area (Å²) < 4.78 is 2.01. The largest absolute Gasteiger partial charge is 0.396 e. The van der Waals surface area contributed by atoms with E-state index in [2.05, 4.69) is 4.98 Å². The van der Waals surface area contributed by atoms with Crippen LogP contribution >= 0.6 is 11.6 Å². The second kappa shape index (κ2) is 4.90. The molecule has 0 saturated heterocycles. The first-order valence-corrected chi connectivity index (χ1v) is 5.90. The van der Waals surface area contributed by atoms with Crippen LogP contribution in [0.5, 0.6) is 0 Å². The van der Waals surface area contributed by atoms with Gasteiger partial charge in [0.1, 0.15) is 5.82 Å². The zero-order chi connectivity index (χ0) is 12.4. The molecule has 3 nitrogen and oxygen atoms in total. The zero-order valence-corrected chi connectivity index (χ0v) is 10.7. The van der Waals surface area contributed by atoms with Gasteiger partial charge in [0.05, 0.1) is 12.3 Å². The van der Waals surface area contributed by atoms with Gasteiger partial charge in [-0.05, 0) is 19.1 Å². The number of aliphatic hydroxyl groups is 1. The number of rotatable bonds is 3. The Balaban J connectivity index is 2.49. The van der Waals surface area contributed by atoms with Crippen LogP contribution in [-0.4, -0.2) is 21.3 Å². The molecule has 1 heterocycles. The van der Waals surface area contributed by atoms with Crippen molar-refractivity contribution in [2.45, 2.75) is 13.3 Å². The van der Waals surface area contributed by atoms with E-state index in [0.717, 1.165) is 22.8 Å². The number of nitrogens with zero attached hydrogens (tertiary/aromatic N) is 2. The molecule has 1 aromatic heterocycles. The molecule has 2 rings (SSSR count). The predicted molar refractivity (Wildman–Crippen MR) is 69.2 cm³/mol. The SMILES string of the molecule is Cc1c(-c2cccc(Cl)c2)nc(CCO)n1C. The average Bonchev–Trinajstić information content (AvgIpc) is 2.58. The summed E-state index contributed by atoms with van der Waals surface area (Å²) in [7, 11) is 1.96. The van der Waals surface area contributed by atoms with Gasteiger partial charge >= 0.3 is 0 Å². The number of hydrogen-bond acceptors (Lipinski definition) is 2. The molecule has 0 bridgehead atoms. The lowest BCUT2D eigenvalue weighted by molar-refractivity contribution is 0.295. The Morgan fingerprint density at radius 2 is 2.18 bits per heavy atom. The van der Waals surface area contributed by atoms with Gasteiger partial charge < -0.3 is 9.67 Å². The molecular formula is C13H15ClN2O. The maximum Gasteiger partial charge on any atom is 0.111 e. The lowest BCUT2D eigenvalue weighted by Gasteiger charge is -2.01. The van der Waals surface area contributed by atoms with Gasteiger partial charge in [0.25, 0.3) is 0 Å². The highest BCUT2D eigenvalue weighted by molar-refractivity contribution is 6.30. The van der Waals surface area contributed by atoms with Crippen LogP contribution in [0, 0.1) is 6.92 Å². The first-order chi connectivity index (χ1) is 8.13. The van der Waals surface area contributed by atoms with Crippen LogP contribution < -0.4 is 0 Å². The maximum absolute atomic E-state index is 8.98. The molecule has 17 heavy (non-hydrogen) atoms. The molecule has 4 heteroatoms. The summed E-state index contributed by atoms with van der Waals surface area (Å²) in [6.45, 7) is 2.13. The van der Waals surface area contributed by atoms with Gasteiger partial charge in [-0.3, -0.25) is 0 Å². The molecule has 0 aliphatic heterocycles. The number of hydrogen-bond donors (Lipinski definition) is 1. The highest BCUT2D eigenvalue weighted by atomic mass is 35.5. The third-order valence-electron chi connectivity index (χ3n) is 2.91. The minimum atomic E-state index is 0.110. The van der Waals surface area contributed by atoms with E-state index in [4.69, 9.17) is 16.7 Å². The van der Waals surface area contributed by atoms with Gasteiger partial charge in [-0.2, -0.15) is 0 Å². The van der Waals surface area contributed by atoms with Crippen molar-refractivity contribution >= 4 is 11.6 Å². The standard InChI is InChI=1S/C13H15ClN2O/c1-9-13(10-4-3-5-11(14)8-10)15-12(6-7-17)16(9)2/h3-5,8,17H,6-7H2,1-2H3. The molecule has 1 N–H and O–H groups in total. The average molecular weight is 251 g/mol. The summed E-state index contributed by atoms with van der Waals surface area (Å²) >= 11 is 5.98. The van der Waals surface area contributed by atoms with Crippen molar-refractivity contribution in [1.29, 1.82) is 0 Å². The van der Waals surface area contributed by atoms with E-state index in [0.29, 0.717) is 11.4 Å². The van der Waals surface area contributed by atoms with E-state index in [9.17, 15) is 0 Å². The summed E-state index contributed by atoms with van der Waals surface area (Å²) in [5.74, 6) is 0.889. The minimum absolute atomic E-state index is 0.110. The van der Waals surface area contributed by atoms with Gasteiger partial charge in [-0.15, -0.1) is 0 Å². The Kier molecular flexibility index (Phi) is 3.50. The molecule has 0 spiro atoms. The van der Waals surface area contributed by atoms with E-state index in [1.165, 1.54) is 0 Å². The fraction of sp³-hybridized carbons (Fsp3) is 0.308. The van der Waals surface area contributed by atoms with Gasteiger partial charge in [0.2, 0.25) is 0 Å². The molecule has 1 aromatic carbocycles. The second-order valence-electron chi connectivity index (χ2n) is 4.01. The summed E-state index contributed by atoms with van der Waals surface area (Å²) in [5, 5.41) is 9.69. The molecular weight excluding hydrogens is 236 g/mol. The summed E-state index contributed by atoms with van der Waals surface area (Å²) in [5.41, 5.74) is 3.02. The Morgan fingerprint density at radius 1 is 1.41 bits per heavy atom. The van der Waals surface area contributed by atoms with Crippen molar-refractivity contribution in [3.8, 4) is 11.3 Å². The van der Waals surface area contributed by atoms with Gasteiger partial charge in [-0.1, -0.05) is 23.7 Å². The minimum Gasteiger partial charge on any atom is -0.396 e. The molecule has 0 saturated carbocycles. The number of aliphatic hydroxyl groups excluding tert-OH is 1. The topological polar surface area (TPSA) is 38.1 Å². The number of benzene rings is 1. The van der Waals surface area contributed by atoms with Gasteiger partial charge in [0.15, 0.2) is 0 Å². The Bertz CT molecular complexity index is 534. The van der Waals surface area contributed by atoms with Crippen LogP contribution in [0.3, 0.4) is 0 Å². The van der Waals surface area contributed by atoms with Crippen LogP contribution in [0.1, 0.15) is 11.5 Å². The van der Waals surface area contributed by atoms with Crippen LogP contribution in [-0.2, 0) is 13.5 Å². The summed E-state index contributed by atoms with van der Waals surface area (Å²) in [6, 6.07) is 7.65. The lowest BCUT2D eigenvalue weighted by atomic mass is 10.1. The Hall–Kier alpha value is -1.32. The summed E-state index contributed by atoms with van der Waals surface area (Å²) in [4.78, 5) is 4.55. The number of imidazole rings is 1. The molecule has 0 fully saturated rings. The van der Waals surface area contributed by atoms with Gasteiger partial charge in [0, 0.05) is 29.7 Å². The van der Waals surface area contributed by atoms with E-state index in [1.54, 1.807) is 0 Å². The highest BCUT2D eigenvalue weighted by Crippen LogP contribution is 2.25. The van der Waals surface area contributed by atoms with Crippen molar-refractivity contribution in [3.63, 3.8) is 0 Å². The van der Waals surface area contributed by atoms with Crippen LogP contribution in [0.2, 0.25) is 5.02 Å². The van der Waals surface area contributed by atoms with Crippen molar-refractivity contribution in [2.75, 3.05) is 6.61 Å². The highest BCUT2D eigenvalue weighted by Gasteiger charge is 2.12. The van der Waals surface area contributed by atoms with E-state index < -0.39 is 0 Å².